The Bertz CT molecular complexity index is 539. The summed E-state index contributed by atoms with van der Waals surface area (Å²) in [5.74, 6) is 0.907. The summed E-state index contributed by atoms with van der Waals surface area (Å²) < 4.78 is 2.00. The monoisotopic (exact) mass is 431 g/mol. The van der Waals surface area contributed by atoms with E-state index in [0.717, 1.165) is 38.2 Å². The molecule has 1 heterocycles. The molecule has 0 radical (unpaired) electrons. The van der Waals surface area contributed by atoms with Gasteiger partial charge in [-0.3, -0.25) is 4.68 Å². The largest absolute Gasteiger partial charge is 0.357 e. The van der Waals surface area contributed by atoms with Crippen molar-refractivity contribution in [1.82, 2.24) is 20.4 Å². The van der Waals surface area contributed by atoms with Crippen molar-refractivity contribution >= 4 is 29.9 Å². The molecule has 0 atom stereocenters. The Balaban J connectivity index is 0.00000264. The van der Waals surface area contributed by atoms with Gasteiger partial charge < -0.3 is 10.6 Å². The van der Waals surface area contributed by atoms with Crippen LogP contribution in [0.25, 0.3) is 0 Å². The summed E-state index contributed by atoms with van der Waals surface area (Å²) in [6.07, 6.45) is 8.56. The molecule has 5 nitrogen and oxygen atoms in total. The lowest BCUT2D eigenvalue weighted by atomic mass is 10.1. The highest BCUT2D eigenvalue weighted by molar-refractivity contribution is 14.0. The topological polar surface area (TPSA) is 54.2 Å². The first-order chi connectivity index (χ1) is 10.7. The third-order valence-electron chi connectivity index (χ3n) is 4.12. The van der Waals surface area contributed by atoms with Crippen molar-refractivity contribution in [2.24, 2.45) is 12.0 Å². The van der Waals surface area contributed by atoms with E-state index in [-0.39, 0.29) is 24.0 Å². The van der Waals surface area contributed by atoms with Crippen LogP contribution in [-0.2, 0) is 26.4 Å². The van der Waals surface area contributed by atoms with Gasteiger partial charge in [0.05, 0.1) is 12.2 Å². The Hall–Kier alpha value is -1.05. The summed E-state index contributed by atoms with van der Waals surface area (Å²) in [6, 6.07) is 0.475. The number of hydrogen-bond acceptors (Lipinski definition) is 2. The van der Waals surface area contributed by atoms with Gasteiger partial charge in [0.2, 0.25) is 0 Å². The first-order valence-corrected chi connectivity index (χ1v) is 8.42. The Labute approximate surface area is 157 Å². The van der Waals surface area contributed by atoms with Gasteiger partial charge in [0.15, 0.2) is 5.96 Å². The number of aromatic nitrogens is 2. The number of aliphatic imine (C=N–C) groups is 1. The number of rotatable bonds is 6. The minimum absolute atomic E-state index is 0. The standard InChI is InChI=1S/C17H29N5.HI/c1-5-15-14(16(6-2)22(4)21-15)12-19-17(18-7-3)20-13-10-8-9-11-13;/h8-9,13H,5-7,10-12H2,1-4H3,(H2,18,19,20);1H. The number of guanidine groups is 1. The van der Waals surface area contributed by atoms with Gasteiger partial charge in [-0.1, -0.05) is 26.0 Å². The van der Waals surface area contributed by atoms with Crippen LogP contribution in [0.4, 0.5) is 0 Å². The van der Waals surface area contributed by atoms with Crippen LogP contribution in [-0.4, -0.2) is 28.3 Å². The highest BCUT2D eigenvalue weighted by Crippen LogP contribution is 2.16. The molecule has 0 unspecified atom stereocenters. The number of nitrogens with zero attached hydrogens (tertiary/aromatic N) is 3. The number of halogens is 1. The highest BCUT2D eigenvalue weighted by Gasteiger charge is 2.15. The Morgan fingerprint density at radius 2 is 1.96 bits per heavy atom. The van der Waals surface area contributed by atoms with Gasteiger partial charge in [0, 0.05) is 30.9 Å². The van der Waals surface area contributed by atoms with Crippen LogP contribution in [0.2, 0.25) is 0 Å². The van der Waals surface area contributed by atoms with Gasteiger partial charge in [0.25, 0.3) is 0 Å². The molecular weight excluding hydrogens is 401 g/mol. The highest BCUT2D eigenvalue weighted by atomic mass is 127. The molecular formula is C17H30IN5. The molecule has 1 aliphatic carbocycles. The molecule has 23 heavy (non-hydrogen) atoms. The third-order valence-corrected chi connectivity index (χ3v) is 4.12. The zero-order chi connectivity index (χ0) is 15.9. The predicted octanol–water partition coefficient (Wildman–Crippen LogP) is 2.94. The van der Waals surface area contributed by atoms with E-state index in [1.54, 1.807) is 0 Å². The molecule has 2 rings (SSSR count). The summed E-state index contributed by atoms with van der Waals surface area (Å²) >= 11 is 0. The first kappa shape index (κ1) is 20.0. The SMILES string of the molecule is CCNC(=NCc1c(CC)nn(C)c1CC)NC1CC=CC1.I. The van der Waals surface area contributed by atoms with Crippen molar-refractivity contribution in [3.05, 3.63) is 29.1 Å². The molecule has 1 aromatic heterocycles. The van der Waals surface area contributed by atoms with Crippen LogP contribution >= 0.6 is 24.0 Å². The van der Waals surface area contributed by atoms with Gasteiger partial charge in [-0.25, -0.2) is 4.99 Å². The summed E-state index contributed by atoms with van der Waals surface area (Å²) in [4.78, 5) is 4.79. The van der Waals surface area contributed by atoms with E-state index >= 15 is 0 Å². The van der Waals surface area contributed by atoms with Crippen molar-refractivity contribution in [2.75, 3.05) is 6.54 Å². The molecule has 0 aromatic carbocycles. The lowest BCUT2D eigenvalue weighted by Crippen LogP contribution is -2.42. The average Bonchev–Trinajstić information content (AvgIpc) is 3.12. The molecule has 2 N–H and O–H groups in total. The molecule has 0 spiro atoms. The lowest BCUT2D eigenvalue weighted by Gasteiger charge is -2.16. The normalized spacial score (nSPS) is 14.9. The van der Waals surface area contributed by atoms with Gasteiger partial charge in [-0.15, -0.1) is 24.0 Å². The summed E-state index contributed by atoms with van der Waals surface area (Å²) in [5, 5.41) is 11.5. The molecule has 0 saturated heterocycles. The Kier molecular flexibility index (Phi) is 8.65. The molecule has 130 valence electrons. The fourth-order valence-electron chi connectivity index (χ4n) is 2.98. The summed E-state index contributed by atoms with van der Waals surface area (Å²) in [5.41, 5.74) is 3.75. The first-order valence-electron chi connectivity index (χ1n) is 8.42. The summed E-state index contributed by atoms with van der Waals surface area (Å²) in [7, 11) is 2.03. The second-order valence-electron chi connectivity index (χ2n) is 5.68. The smallest absolute Gasteiger partial charge is 0.191 e. The maximum absolute atomic E-state index is 4.79. The number of nitrogens with one attached hydrogen (secondary N) is 2. The molecule has 0 amide bonds. The fraction of sp³-hybridized carbons (Fsp3) is 0.647. The maximum Gasteiger partial charge on any atom is 0.191 e. The van der Waals surface area contributed by atoms with Crippen molar-refractivity contribution in [3.8, 4) is 0 Å². The minimum Gasteiger partial charge on any atom is -0.357 e. The van der Waals surface area contributed by atoms with Crippen molar-refractivity contribution < 1.29 is 0 Å². The van der Waals surface area contributed by atoms with Crippen LogP contribution in [0, 0.1) is 0 Å². The molecule has 0 saturated carbocycles. The zero-order valence-electron chi connectivity index (χ0n) is 14.7. The van der Waals surface area contributed by atoms with E-state index in [2.05, 4.69) is 48.7 Å². The zero-order valence-corrected chi connectivity index (χ0v) is 17.1. The molecule has 1 aromatic rings. The molecule has 0 aliphatic heterocycles. The van der Waals surface area contributed by atoms with E-state index in [1.165, 1.54) is 17.0 Å². The molecule has 6 heteroatoms. The Morgan fingerprint density at radius 3 is 2.52 bits per heavy atom. The van der Waals surface area contributed by atoms with Gasteiger partial charge in [-0.2, -0.15) is 5.10 Å². The van der Waals surface area contributed by atoms with Crippen LogP contribution in [0.5, 0.6) is 0 Å². The van der Waals surface area contributed by atoms with E-state index in [0.29, 0.717) is 12.6 Å². The van der Waals surface area contributed by atoms with Gasteiger partial charge in [0.1, 0.15) is 0 Å². The van der Waals surface area contributed by atoms with Crippen LogP contribution < -0.4 is 10.6 Å². The molecule has 1 aliphatic rings. The minimum atomic E-state index is 0. The lowest BCUT2D eigenvalue weighted by molar-refractivity contribution is 0.633. The van der Waals surface area contributed by atoms with Crippen molar-refractivity contribution in [2.45, 2.75) is 59.0 Å². The average molecular weight is 431 g/mol. The third kappa shape index (κ3) is 5.22. The summed E-state index contributed by atoms with van der Waals surface area (Å²) in [6.45, 7) is 8.00. The van der Waals surface area contributed by atoms with Gasteiger partial charge >= 0.3 is 0 Å². The van der Waals surface area contributed by atoms with Crippen LogP contribution in [0.1, 0.15) is 50.6 Å². The fourth-order valence-corrected chi connectivity index (χ4v) is 2.98. The van der Waals surface area contributed by atoms with Gasteiger partial charge in [-0.05, 0) is 32.6 Å². The van der Waals surface area contributed by atoms with E-state index in [9.17, 15) is 0 Å². The van der Waals surface area contributed by atoms with Crippen molar-refractivity contribution in [1.29, 1.82) is 0 Å². The van der Waals surface area contributed by atoms with E-state index in [1.807, 2.05) is 11.7 Å². The quantitative estimate of drug-likeness (QED) is 0.315. The number of aryl methyl sites for hydroxylation is 2. The van der Waals surface area contributed by atoms with Crippen LogP contribution in [0.3, 0.4) is 0 Å². The van der Waals surface area contributed by atoms with E-state index < -0.39 is 0 Å². The van der Waals surface area contributed by atoms with Crippen molar-refractivity contribution in [3.63, 3.8) is 0 Å². The van der Waals surface area contributed by atoms with E-state index in [4.69, 9.17) is 4.99 Å². The second-order valence-corrected chi connectivity index (χ2v) is 5.68. The molecule has 0 fully saturated rings. The second kappa shape index (κ2) is 9.95. The maximum atomic E-state index is 4.79. The Morgan fingerprint density at radius 1 is 1.26 bits per heavy atom. The predicted molar refractivity (Wildman–Crippen MR) is 107 cm³/mol. The molecule has 0 bridgehead atoms. The van der Waals surface area contributed by atoms with Crippen LogP contribution in [0.15, 0.2) is 17.1 Å². The number of hydrogen-bond donors (Lipinski definition) is 2.